The molecule has 0 aliphatic rings. The Morgan fingerprint density at radius 3 is 2.41 bits per heavy atom. The minimum absolute atomic E-state index is 0.207. The lowest BCUT2D eigenvalue weighted by Crippen LogP contribution is -2.38. The summed E-state index contributed by atoms with van der Waals surface area (Å²) in [4.78, 5) is 33.5. The summed E-state index contributed by atoms with van der Waals surface area (Å²) in [5.41, 5.74) is -2.29. The zero-order valence-corrected chi connectivity index (χ0v) is 14.9. The molecule has 0 aliphatic carbocycles. The van der Waals surface area contributed by atoms with Gasteiger partial charge >= 0.3 is 12.1 Å². The highest BCUT2D eigenvalue weighted by Gasteiger charge is 2.33. The molecule has 11 heteroatoms. The zero-order valence-electron chi connectivity index (χ0n) is 14.9. The Balaban J connectivity index is 2.70. The highest BCUT2D eigenvalue weighted by molar-refractivity contribution is 5.84. The van der Waals surface area contributed by atoms with E-state index in [9.17, 15) is 32.9 Å². The standard InChI is InChI=1S/C16H20F3N3O5/c1-9(2)7-21-15(24)10(3)27-14(23)8-20-12-5-4-11(16(17,18)19)6-13(12)22(25)26/h4-6,9-10,20H,7-8H2,1-3H3,(H,21,24)/t10-/m0/s1. The van der Waals surface area contributed by atoms with Crippen LogP contribution >= 0.6 is 0 Å². The number of hydrogen-bond donors (Lipinski definition) is 2. The SMILES string of the molecule is CC(C)CNC(=O)[C@H](C)OC(=O)CNc1ccc(C(F)(F)F)cc1[N+](=O)[O-]. The van der Waals surface area contributed by atoms with Crippen molar-refractivity contribution >= 4 is 23.3 Å². The lowest BCUT2D eigenvalue weighted by atomic mass is 10.1. The van der Waals surface area contributed by atoms with Crippen LogP contribution in [0.15, 0.2) is 18.2 Å². The van der Waals surface area contributed by atoms with Gasteiger partial charge in [-0.1, -0.05) is 13.8 Å². The van der Waals surface area contributed by atoms with Crippen molar-refractivity contribution < 1.29 is 32.4 Å². The van der Waals surface area contributed by atoms with Crippen molar-refractivity contribution in [1.82, 2.24) is 5.32 Å². The van der Waals surface area contributed by atoms with Gasteiger partial charge < -0.3 is 15.4 Å². The Morgan fingerprint density at radius 1 is 1.26 bits per heavy atom. The number of nitro groups is 1. The predicted octanol–water partition coefficient (Wildman–Crippen LogP) is 2.73. The van der Waals surface area contributed by atoms with Crippen molar-refractivity contribution in [3.8, 4) is 0 Å². The van der Waals surface area contributed by atoms with Gasteiger partial charge in [-0.25, -0.2) is 0 Å². The molecule has 27 heavy (non-hydrogen) atoms. The average Bonchev–Trinajstić information content (AvgIpc) is 2.56. The Kier molecular flexibility index (Phi) is 7.56. The van der Waals surface area contributed by atoms with E-state index >= 15 is 0 Å². The number of carbonyl (C=O) groups excluding carboxylic acids is 2. The monoisotopic (exact) mass is 391 g/mol. The summed E-state index contributed by atoms with van der Waals surface area (Å²) in [5.74, 6) is -1.19. The van der Waals surface area contributed by atoms with Gasteiger partial charge in [0.2, 0.25) is 0 Å². The van der Waals surface area contributed by atoms with E-state index in [2.05, 4.69) is 10.6 Å². The van der Waals surface area contributed by atoms with Crippen LogP contribution in [0, 0.1) is 16.0 Å². The summed E-state index contributed by atoms with van der Waals surface area (Å²) in [7, 11) is 0. The topological polar surface area (TPSA) is 111 Å². The second-order valence-corrected chi connectivity index (χ2v) is 6.11. The first-order valence-corrected chi connectivity index (χ1v) is 7.98. The van der Waals surface area contributed by atoms with Crippen molar-refractivity contribution in [2.75, 3.05) is 18.4 Å². The van der Waals surface area contributed by atoms with E-state index in [1.165, 1.54) is 6.92 Å². The molecule has 0 heterocycles. The van der Waals surface area contributed by atoms with Crippen molar-refractivity contribution in [3.05, 3.63) is 33.9 Å². The molecule has 1 aromatic rings. The van der Waals surface area contributed by atoms with E-state index in [0.717, 1.165) is 6.07 Å². The molecule has 0 spiro atoms. The molecule has 150 valence electrons. The number of hydrogen-bond acceptors (Lipinski definition) is 6. The molecule has 0 unspecified atom stereocenters. The van der Waals surface area contributed by atoms with Crippen LogP contribution in [0.1, 0.15) is 26.3 Å². The lowest BCUT2D eigenvalue weighted by molar-refractivity contribution is -0.384. The van der Waals surface area contributed by atoms with Crippen molar-refractivity contribution in [3.63, 3.8) is 0 Å². The van der Waals surface area contributed by atoms with Gasteiger partial charge in [-0.05, 0) is 25.0 Å². The Labute approximate surface area is 153 Å². The van der Waals surface area contributed by atoms with Gasteiger partial charge in [-0.15, -0.1) is 0 Å². The van der Waals surface area contributed by atoms with Crippen LogP contribution in [-0.4, -0.2) is 36.0 Å². The second kappa shape index (κ2) is 9.19. The first kappa shape index (κ1) is 22.2. The van der Waals surface area contributed by atoms with Gasteiger partial charge in [0.15, 0.2) is 6.10 Å². The van der Waals surface area contributed by atoms with Gasteiger partial charge in [-0.3, -0.25) is 19.7 Å². The zero-order chi connectivity index (χ0) is 20.8. The summed E-state index contributed by atoms with van der Waals surface area (Å²) in [6.07, 6.45) is -5.82. The molecule has 0 aromatic heterocycles. The molecule has 1 atom stereocenters. The maximum absolute atomic E-state index is 12.7. The van der Waals surface area contributed by atoms with Crippen LogP contribution in [0.2, 0.25) is 0 Å². The molecule has 0 saturated carbocycles. The van der Waals surface area contributed by atoms with Crippen LogP contribution in [-0.2, 0) is 20.5 Å². The minimum atomic E-state index is -4.74. The van der Waals surface area contributed by atoms with Crippen LogP contribution in [0.5, 0.6) is 0 Å². The fourth-order valence-corrected chi connectivity index (χ4v) is 1.92. The molecule has 2 N–H and O–H groups in total. The molecule has 0 aliphatic heterocycles. The maximum Gasteiger partial charge on any atom is 0.416 e. The Morgan fingerprint density at radius 2 is 1.89 bits per heavy atom. The van der Waals surface area contributed by atoms with Crippen LogP contribution in [0.25, 0.3) is 0 Å². The fourth-order valence-electron chi connectivity index (χ4n) is 1.92. The summed E-state index contributed by atoms with van der Waals surface area (Å²) in [6.45, 7) is 4.97. The molecule has 0 radical (unpaired) electrons. The molecule has 0 saturated heterocycles. The van der Waals surface area contributed by atoms with Crippen LogP contribution in [0.3, 0.4) is 0 Å². The van der Waals surface area contributed by atoms with E-state index in [4.69, 9.17) is 4.74 Å². The number of nitro benzene ring substituents is 1. The van der Waals surface area contributed by atoms with Crippen molar-refractivity contribution in [2.45, 2.75) is 33.1 Å². The molecule has 0 fully saturated rings. The number of anilines is 1. The number of esters is 1. The minimum Gasteiger partial charge on any atom is -0.451 e. The number of nitrogens with zero attached hydrogens (tertiary/aromatic N) is 1. The number of alkyl halides is 3. The smallest absolute Gasteiger partial charge is 0.416 e. The van der Waals surface area contributed by atoms with Gasteiger partial charge in [0.1, 0.15) is 12.2 Å². The normalized spacial score (nSPS) is 12.4. The lowest BCUT2D eigenvalue weighted by Gasteiger charge is -2.15. The molecule has 8 nitrogen and oxygen atoms in total. The quantitative estimate of drug-likeness (QED) is 0.401. The molecule has 1 amide bonds. The first-order chi connectivity index (χ1) is 12.4. The van der Waals surface area contributed by atoms with E-state index in [1.54, 1.807) is 0 Å². The Hall–Kier alpha value is -2.85. The summed E-state index contributed by atoms with van der Waals surface area (Å²) in [5, 5.41) is 15.9. The third-order valence-electron chi connectivity index (χ3n) is 3.31. The van der Waals surface area contributed by atoms with E-state index < -0.39 is 46.9 Å². The third kappa shape index (κ3) is 7.12. The molecular weight excluding hydrogens is 371 g/mol. The van der Waals surface area contributed by atoms with E-state index in [0.29, 0.717) is 18.7 Å². The summed E-state index contributed by atoms with van der Waals surface area (Å²) < 4.78 is 42.8. The number of carbonyl (C=O) groups is 2. The Bertz CT molecular complexity index is 707. The largest absolute Gasteiger partial charge is 0.451 e. The highest BCUT2D eigenvalue weighted by atomic mass is 19.4. The van der Waals surface area contributed by atoms with Crippen molar-refractivity contribution in [1.29, 1.82) is 0 Å². The summed E-state index contributed by atoms with van der Waals surface area (Å²) in [6, 6.07) is 1.88. The molecule has 1 rings (SSSR count). The molecule has 1 aromatic carbocycles. The van der Waals surface area contributed by atoms with E-state index in [-0.39, 0.29) is 11.6 Å². The number of amides is 1. The first-order valence-electron chi connectivity index (χ1n) is 7.98. The number of nitrogens with one attached hydrogen (secondary N) is 2. The predicted molar refractivity (Wildman–Crippen MR) is 90.0 cm³/mol. The van der Waals surface area contributed by atoms with Crippen LogP contribution < -0.4 is 10.6 Å². The van der Waals surface area contributed by atoms with Gasteiger partial charge in [0, 0.05) is 12.6 Å². The van der Waals surface area contributed by atoms with Gasteiger partial charge in [0.25, 0.3) is 11.6 Å². The number of benzene rings is 1. The van der Waals surface area contributed by atoms with Gasteiger partial charge in [-0.2, -0.15) is 13.2 Å². The number of ether oxygens (including phenoxy) is 1. The maximum atomic E-state index is 12.7. The van der Waals surface area contributed by atoms with Crippen molar-refractivity contribution in [2.24, 2.45) is 5.92 Å². The fraction of sp³-hybridized carbons (Fsp3) is 0.500. The number of halogens is 3. The molecular formula is C16H20F3N3O5. The number of rotatable bonds is 8. The average molecular weight is 391 g/mol. The second-order valence-electron chi connectivity index (χ2n) is 6.11. The molecule has 0 bridgehead atoms. The van der Waals surface area contributed by atoms with Gasteiger partial charge in [0.05, 0.1) is 10.5 Å². The van der Waals surface area contributed by atoms with Crippen LogP contribution in [0.4, 0.5) is 24.5 Å². The third-order valence-corrected chi connectivity index (χ3v) is 3.31. The summed E-state index contributed by atoms with van der Waals surface area (Å²) >= 11 is 0. The van der Waals surface area contributed by atoms with E-state index in [1.807, 2.05) is 13.8 Å². The highest BCUT2D eigenvalue weighted by Crippen LogP contribution is 2.34.